The Hall–Kier alpha value is -3.13. The lowest BCUT2D eigenvalue weighted by Crippen LogP contribution is -2.38. The van der Waals surface area contributed by atoms with Crippen molar-refractivity contribution < 1.29 is 13.2 Å². The average molecular weight is 507 g/mol. The molecule has 4 bridgehead atoms. The van der Waals surface area contributed by atoms with Crippen LogP contribution in [-0.4, -0.2) is 30.5 Å². The Balaban J connectivity index is 1.60. The number of ether oxygens (including phenoxy) is 1. The van der Waals surface area contributed by atoms with Gasteiger partial charge in [-0.25, -0.2) is 18.1 Å². The second-order valence-corrected chi connectivity index (χ2v) is 11.8. The minimum atomic E-state index is -3.89. The molecule has 7 nitrogen and oxygen atoms in total. The summed E-state index contributed by atoms with van der Waals surface area (Å²) in [5.74, 6) is 0.975. The molecule has 2 aliphatic rings. The van der Waals surface area contributed by atoms with Crippen LogP contribution in [0.2, 0.25) is 0 Å². The van der Waals surface area contributed by atoms with Crippen LogP contribution in [0.25, 0.3) is 11.3 Å². The summed E-state index contributed by atoms with van der Waals surface area (Å²) in [5, 5.41) is 3.58. The average Bonchev–Trinajstić information content (AvgIpc) is 2.83. The number of nitrogens with one attached hydrogen (secondary N) is 2. The predicted octanol–water partition coefficient (Wildman–Crippen LogP) is 6.09. The van der Waals surface area contributed by atoms with Gasteiger partial charge in [-0.3, -0.25) is 0 Å². The van der Waals surface area contributed by atoms with Crippen molar-refractivity contribution in [3.05, 3.63) is 59.7 Å². The lowest BCUT2D eigenvalue weighted by atomic mass is 9.84. The van der Waals surface area contributed by atoms with Gasteiger partial charge in [-0.2, -0.15) is 4.98 Å². The normalized spacial score (nSPS) is 21.8. The molecule has 0 saturated heterocycles. The van der Waals surface area contributed by atoms with Gasteiger partial charge >= 0.3 is 0 Å². The van der Waals surface area contributed by atoms with Crippen LogP contribution in [0.3, 0.4) is 0 Å². The maximum absolute atomic E-state index is 13.3. The summed E-state index contributed by atoms with van der Waals surface area (Å²) < 4.78 is 35.5. The summed E-state index contributed by atoms with van der Waals surface area (Å²) >= 11 is 0. The monoisotopic (exact) mass is 506 g/mol. The second-order valence-electron chi connectivity index (χ2n) is 10.1. The number of benzene rings is 2. The fraction of sp³-hybridized carbons (Fsp3) is 0.429. The molecular formula is C28H34N4O3S. The maximum atomic E-state index is 13.3. The zero-order valence-corrected chi connectivity index (χ0v) is 21.9. The molecule has 2 N–H and O–H groups in total. The fourth-order valence-corrected chi connectivity index (χ4v) is 6.44. The molecule has 1 fully saturated rings. The van der Waals surface area contributed by atoms with Gasteiger partial charge in [0.15, 0.2) is 0 Å². The summed E-state index contributed by atoms with van der Waals surface area (Å²) in [6, 6.07) is 14.8. The third-order valence-corrected chi connectivity index (χ3v) is 8.67. The highest BCUT2D eigenvalue weighted by Crippen LogP contribution is 2.33. The molecule has 5 rings (SSSR count). The molecule has 0 amide bonds. The minimum Gasteiger partial charge on any atom is -0.472 e. The van der Waals surface area contributed by atoms with Crippen molar-refractivity contribution in [1.82, 2.24) is 9.97 Å². The first-order valence-electron chi connectivity index (χ1n) is 12.8. The molecule has 0 radical (unpaired) electrons. The molecule has 2 aromatic carbocycles. The predicted molar refractivity (Wildman–Crippen MR) is 143 cm³/mol. The number of sulfonamides is 1. The van der Waals surface area contributed by atoms with Gasteiger partial charge in [0.05, 0.1) is 16.6 Å². The van der Waals surface area contributed by atoms with Crippen LogP contribution in [0.5, 0.6) is 5.88 Å². The second kappa shape index (κ2) is 10.1. The first-order valence-corrected chi connectivity index (χ1v) is 14.3. The van der Waals surface area contributed by atoms with Gasteiger partial charge < -0.3 is 10.1 Å². The van der Waals surface area contributed by atoms with Crippen LogP contribution in [0, 0.1) is 19.8 Å². The van der Waals surface area contributed by atoms with Crippen molar-refractivity contribution in [1.29, 1.82) is 0 Å². The number of aromatic nitrogens is 2. The molecule has 8 heteroatoms. The van der Waals surface area contributed by atoms with E-state index in [0.29, 0.717) is 17.5 Å². The van der Waals surface area contributed by atoms with Crippen LogP contribution in [0.1, 0.15) is 56.6 Å². The lowest BCUT2D eigenvalue weighted by molar-refractivity contribution is 0.168. The molecule has 2 atom stereocenters. The summed E-state index contributed by atoms with van der Waals surface area (Å²) in [6.07, 6.45) is 7.03. The van der Waals surface area contributed by atoms with Gasteiger partial charge in [-0.15, -0.1) is 0 Å². The van der Waals surface area contributed by atoms with Crippen molar-refractivity contribution >= 4 is 21.7 Å². The van der Waals surface area contributed by atoms with Crippen molar-refractivity contribution in [3.8, 4) is 17.1 Å². The highest BCUT2D eigenvalue weighted by atomic mass is 32.2. The van der Waals surface area contributed by atoms with Crippen molar-refractivity contribution in [2.45, 2.75) is 76.3 Å². The standard InChI is InChI=1S/C28H34N4O3S/c1-18-9-7-10-19(2)27(18)25-17-26-31-28(30-25)32-36(33,34)23-14-8-13-22(16-23)29-24(20(3)35-26)15-21-11-5-4-6-12-21/h7-10,13-14,16-17,20-21,24,29H,4-6,11-12,15H2,1-3H3,(H,30,31,32)/t20-,24+/m0/s1. The number of anilines is 2. The van der Waals surface area contributed by atoms with E-state index in [9.17, 15) is 8.42 Å². The van der Waals surface area contributed by atoms with Crippen LogP contribution in [0.15, 0.2) is 53.4 Å². The van der Waals surface area contributed by atoms with E-state index in [0.717, 1.165) is 28.8 Å². The zero-order valence-electron chi connectivity index (χ0n) is 21.1. The third-order valence-electron chi connectivity index (χ3n) is 7.35. The Kier molecular flexibility index (Phi) is 6.88. The number of hydrogen-bond donors (Lipinski definition) is 2. The number of fused-ring (bicyclic) bond motifs is 4. The summed E-state index contributed by atoms with van der Waals surface area (Å²) in [5.41, 5.74) is 4.43. The first kappa shape index (κ1) is 24.6. The highest BCUT2D eigenvalue weighted by molar-refractivity contribution is 7.92. The van der Waals surface area contributed by atoms with Crippen LogP contribution in [-0.2, 0) is 10.0 Å². The van der Waals surface area contributed by atoms with E-state index in [1.807, 2.05) is 44.2 Å². The topological polar surface area (TPSA) is 93.2 Å². The van der Waals surface area contributed by atoms with Crippen LogP contribution >= 0.6 is 0 Å². The maximum Gasteiger partial charge on any atom is 0.264 e. The molecule has 0 unspecified atom stereocenters. The molecule has 3 aromatic rings. The van der Waals surface area contributed by atoms with E-state index < -0.39 is 10.0 Å². The Morgan fingerprint density at radius 1 is 0.972 bits per heavy atom. The molecule has 1 aliphatic heterocycles. The quantitative estimate of drug-likeness (QED) is 0.446. The van der Waals surface area contributed by atoms with E-state index in [-0.39, 0.29) is 23.0 Å². The minimum absolute atomic E-state index is 0.000110. The van der Waals surface area contributed by atoms with Crippen LogP contribution in [0.4, 0.5) is 11.6 Å². The van der Waals surface area contributed by atoms with Crippen LogP contribution < -0.4 is 14.8 Å². The number of nitrogens with zero attached hydrogens (tertiary/aromatic N) is 2. The van der Waals surface area contributed by atoms with Crippen molar-refractivity contribution in [2.24, 2.45) is 5.92 Å². The third kappa shape index (κ3) is 5.33. The summed E-state index contributed by atoms with van der Waals surface area (Å²) in [6.45, 7) is 6.09. The lowest BCUT2D eigenvalue weighted by Gasteiger charge is -2.32. The Morgan fingerprint density at radius 3 is 2.44 bits per heavy atom. The van der Waals surface area contributed by atoms with Gasteiger partial charge in [-0.05, 0) is 62.4 Å². The van der Waals surface area contributed by atoms with E-state index in [2.05, 4.69) is 26.9 Å². The number of rotatable bonds is 3. The van der Waals surface area contributed by atoms with Crippen molar-refractivity contribution in [2.75, 3.05) is 10.0 Å². The molecule has 1 saturated carbocycles. The molecule has 0 spiro atoms. The number of hydrogen-bond acceptors (Lipinski definition) is 6. The molecule has 1 aromatic heterocycles. The summed E-state index contributed by atoms with van der Waals surface area (Å²) in [7, 11) is -3.89. The van der Waals surface area contributed by atoms with Gasteiger partial charge in [0, 0.05) is 17.3 Å². The van der Waals surface area contributed by atoms with Crippen molar-refractivity contribution in [3.63, 3.8) is 0 Å². The molecule has 190 valence electrons. The first-order chi connectivity index (χ1) is 17.3. The van der Waals surface area contributed by atoms with Gasteiger partial charge in [0.2, 0.25) is 11.8 Å². The van der Waals surface area contributed by atoms with E-state index >= 15 is 0 Å². The molecule has 1 aliphatic carbocycles. The SMILES string of the molecule is Cc1cccc(C)c1-c1cc2nc(n1)NS(=O)(=O)c1cccc(c1)N[C@H](CC1CCCCC1)[C@H](C)O2. The van der Waals surface area contributed by atoms with Gasteiger partial charge in [0.25, 0.3) is 10.0 Å². The molecular weight excluding hydrogens is 472 g/mol. The Bertz CT molecular complexity index is 1330. The highest BCUT2D eigenvalue weighted by Gasteiger charge is 2.27. The smallest absolute Gasteiger partial charge is 0.264 e. The Labute approximate surface area is 213 Å². The summed E-state index contributed by atoms with van der Waals surface area (Å²) in [4.78, 5) is 9.23. The van der Waals surface area contributed by atoms with E-state index in [1.165, 1.54) is 32.1 Å². The van der Waals surface area contributed by atoms with E-state index in [1.54, 1.807) is 18.2 Å². The van der Waals surface area contributed by atoms with E-state index in [4.69, 9.17) is 4.74 Å². The van der Waals surface area contributed by atoms with Gasteiger partial charge in [0.1, 0.15) is 6.10 Å². The fourth-order valence-electron chi connectivity index (χ4n) is 5.45. The zero-order chi connectivity index (χ0) is 25.3. The largest absolute Gasteiger partial charge is 0.472 e. The Morgan fingerprint density at radius 2 is 1.69 bits per heavy atom. The number of aryl methyl sites for hydroxylation is 2. The molecule has 36 heavy (non-hydrogen) atoms. The van der Waals surface area contributed by atoms with Gasteiger partial charge in [-0.1, -0.05) is 56.4 Å². The molecule has 2 heterocycles.